The first-order valence-electron chi connectivity index (χ1n) is 3.05. The smallest absolute Gasteiger partial charge is 0.00224 e. The first-order chi connectivity index (χ1) is 4.11. The van der Waals surface area contributed by atoms with Crippen LogP contribution in [0.3, 0.4) is 0 Å². The molecule has 11 heavy (non-hydrogen) atoms. The van der Waals surface area contributed by atoms with Gasteiger partial charge in [0.25, 0.3) is 0 Å². The Kier molecular flexibility index (Phi) is 6.61. The number of rotatable bonds is 0. The minimum absolute atomic E-state index is 0. The third-order valence-corrected chi connectivity index (χ3v) is 1.23. The van der Waals surface area contributed by atoms with E-state index in [1.807, 2.05) is 6.07 Å². The molecule has 1 aromatic rings. The van der Waals surface area contributed by atoms with Crippen molar-refractivity contribution in [2.75, 3.05) is 0 Å². The first kappa shape index (κ1) is 14.0. The van der Waals surface area contributed by atoms with Crippen LogP contribution in [0, 0.1) is 0 Å². The normalized spacial score (nSPS) is 9.73. The monoisotopic (exact) mass is 358 g/mol. The molecule has 1 aromatic heterocycles. The van der Waals surface area contributed by atoms with Crippen molar-refractivity contribution >= 4 is 0 Å². The van der Waals surface area contributed by atoms with Crippen LogP contribution in [0.15, 0.2) is 12.3 Å². The average molecular weight is 358 g/mol. The number of hydrogen-bond acceptors (Lipinski definition) is 1. The van der Waals surface area contributed by atoms with Crippen molar-refractivity contribution in [1.29, 1.82) is 0 Å². The van der Waals surface area contributed by atoms with Crippen LogP contribution in [0.25, 0.3) is 0 Å². The zero-order chi connectivity index (χ0) is 6.91. The maximum absolute atomic E-state index is 3.94. The van der Waals surface area contributed by atoms with Crippen LogP contribution in [-0.2, 0) is 45.0 Å². The summed E-state index contributed by atoms with van der Waals surface area (Å²) in [7, 11) is 0. The van der Waals surface area contributed by atoms with Crippen LogP contribution in [0.2, 0.25) is 0 Å². The van der Waals surface area contributed by atoms with Gasteiger partial charge in [-0.2, -0.15) is 0 Å². The topological polar surface area (TPSA) is 27.0 Å². The molecule has 1 radical (unpaired) electrons. The second-order valence-corrected chi connectivity index (χ2v) is 3.17. The summed E-state index contributed by atoms with van der Waals surface area (Å²) in [6.07, 6.45) is 1.72. The Hall–Kier alpha value is 0.483. The summed E-state index contributed by atoms with van der Waals surface area (Å²) in [5, 5.41) is 7.68. The summed E-state index contributed by atoms with van der Waals surface area (Å²) in [5.74, 6) is 0. The van der Waals surface area contributed by atoms with E-state index < -0.39 is 0 Å². The molecule has 0 fully saturated rings. The van der Waals surface area contributed by atoms with Crippen LogP contribution >= 0.6 is 0 Å². The van der Waals surface area contributed by atoms with E-state index in [4.69, 9.17) is 0 Å². The Morgan fingerprint density at radius 2 is 1.91 bits per heavy atom. The van der Waals surface area contributed by atoms with Gasteiger partial charge in [0, 0.05) is 45.8 Å². The van der Waals surface area contributed by atoms with Crippen molar-refractivity contribution < 1.29 is 39.6 Å². The van der Waals surface area contributed by atoms with Gasteiger partial charge in [-0.3, -0.25) is 0 Å². The third kappa shape index (κ3) is 4.15. The Bertz CT molecular complexity index is 179. The summed E-state index contributed by atoms with van der Waals surface area (Å²) in [5.41, 5.74) is 1.21. The molecule has 1 rings (SSSR count). The van der Waals surface area contributed by atoms with E-state index >= 15 is 0 Å². The van der Waals surface area contributed by atoms with E-state index in [1.165, 1.54) is 0 Å². The molecule has 0 unspecified atom stereocenters. The Morgan fingerprint density at radius 1 is 1.36 bits per heavy atom. The van der Waals surface area contributed by atoms with Gasteiger partial charge in [0.05, 0.1) is 0 Å². The molecule has 2 nitrogen and oxygen atoms in total. The molecule has 0 N–H and O–H groups in total. The predicted molar refractivity (Wildman–Crippen MR) is 36.3 cm³/mol. The summed E-state index contributed by atoms with van der Waals surface area (Å²) >= 11 is 0. The molecule has 61 valence electrons. The Balaban J connectivity index is 0. The second-order valence-electron chi connectivity index (χ2n) is 3.17. The van der Waals surface area contributed by atoms with Crippen molar-refractivity contribution in [3.05, 3.63) is 18.0 Å². The minimum atomic E-state index is 0. The van der Waals surface area contributed by atoms with Gasteiger partial charge in [0.2, 0.25) is 0 Å². The fraction of sp³-hybridized carbons (Fsp3) is 0.571. The quantitative estimate of drug-likeness (QED) is 0.700. The van der Waals surface area contributed by atoms with Gasteiger partial charge >= 0.3 is 0 Å². The first-order valence-corrected chi connectivity index (χ1v) is 3.05. The molecule has 0 spiro atoms. The molecule has 0 saturated carbocycles. The molecule has 1 heterocycles. The van der Waals surface area contributed by atoms with Crippen molar-refractivity contribution in [1.82, 2.24) is 10.2 Å². The largest absolute Gasteiger partial charge is 0.579 e. The Morgan fingerprint density at radius 3 is 2.09 bits per heavy atom. The maximum atomic E-state index is 3.94. The van der Waals surface area contributed by atoms with Crippen molar-refractivity contribution in [2.45, 2.75) is 26.2 Å². The van der Waals surface area contributed by atoms with Crippen LogP contribution in [0.5, 0.6) is 0 Å². The zero-order valence-electron chi connectivity index (χ0n) is 6.90. The van der Waals surface area contributed by atoms with Crippen LogP contribution in [0.1, 0.15) is 26.5 Å². The fourth-order valence-corrected chi connectivity index (χ4v) is 0.633. The van der Waals surface area contributed by atoms with Gasteiger partial charge in [0.1, 0.15) is 0 Å². The molecular formula is C7H11N2VW-. The summed E-state index contributed by atoms with van der Waals surface area (Å²) in [6, 6.07) is 1.94. The average Bonchev–Trinajstić information content (AvgIpc) is 2.08. The van der Waals surface area contributed by atoms with Gasteiger partial charge in [-0.1, -0.05) is 26.8 Å². The van der Waals surface area contributed by atoms with Gasteiger partial charge in [-0.05, 0) is 5.41 Å². The van der Waals surface area contributed by atoms with E-state index in [-0.39, 0.29) is 45.0 Å². The molecule has 0 atom stereocenters. The van der Waals surface area contributed by atoms with E-state index in [1.54, 1.807) is 6.20 Å². The number of nitrogens with zero attached hydrogens (tertiary/aromatic N) is 2. The molecule has 0 aliphatic carbocycles. The van der Waals surface area contributed by atoms with Crippen molar-refractivity contribution in [3.8, 4) is 0 Å². The fourth-order valence-electron chi connectivity index (χ4n) is 0.633. The summed E-state index contributed by atoms with van der Waals surface area (Å²) in [4.78, 5) is 0. The molecule has 0 aromatic carbocycles. The number of hydrogen-bond donors (Lipinski definition) is 0. The van der Waals surface area contributed by atoms with Gasteiger partial charge in [-0.15, -0.1) is 5.69 Å². The molecule has 0 bridgehead atoms. The third-order valence-electron chi connectivity index (χ3n) is 1.23. The van der Waals surface area contributed by atoms with Crippen LogP contribution in [-0.4, -0.2) is 5.10 Å². The standard InChI is InChI=1S/C7H11N2.V.W/c1-7(2,3)6-4-5-8-9-6;;/h4-5H,1-3H3;;/q-1;;. The molecule has 0 saturated heterocycles. The second kappa shape index (κ2) is 5.19. The van der Waals surface area contributed by atoms with E-state index in [0.717, 1.165) is 5.69 Å². The van der Waals surface area contributed by atoms with Crippen LogP contribution in [0.4, 0.5) is 0 Å². The van der Waals surface area contributed by atoms with Gasteiger partial charge in [-0.25, -0.2) is 0 Å². The van der Waals surface area contributed by atoms with Gasteiger partial charge in [0.15, 0.2) is 0 Å². The predicted octanol–water partition coefficient (Wildman–Crippen LogP) is 1.33. The van der Waals surface area contributed by atoms with Crippen molar-refractivity contribution in [2.24, 2.45) is 0 Å². The molecule has 0 aliphatic rings. The SMILES string of the molecule is CC(C)(C)c1ccn[n-]1.[V].[W]. The summed E-state index contributed by atoms with van der Waals surface area (Å²) in [6.45, 7) is 6.37. The molecule has 0 amide bonds. The van der Waals surface area contributed by atoms with Crippen molar-refractivity contribution in [3.63, 3.8) is 0 Å². The molecule has 0 aliphatic heterocycles. The van der Waals surface area contributed by atoms with E-state index in [0.29, 0.717) is 0 Å². The number of aromatic nitrogens is 2. The summed E-state index contributed by atoms with van der Waals surface area (Å²) < 4.78 is 0. The van der Waals surface area contributed by atoms with Crippen LogP contribution < -0.4 is 5.10 Å². The molecule has 4 heteroatoms. The minimum Gasteiger partial charge on any atom is -0.579 e. The maximum Gasteiger partial charge on any atom is 0.00224 e. The molecular weight excluding hydrogens is 347 g/mol. The Labute approximate surface area is 93.7 Å². The zero-order valence-corrected chi connectivity index (χ0v) is 11.2. The van der Waals surface area contributed by atoms with E-state index in [2.05, 4.69) is 31.0 Å². The van der Waals surface area contributed by atoms with E-state index in [9.17, 15) is 0 Å². The van der Waals surface area contributed by atoms with Gasteiger partial charge < -0.3 is 10.2 Å².